The molecule has 0 aromatic rings. The topological polar surface area (TPSA) is 58.6 Å². The van der Waals surface area contributed by atoms with Crippen LogP contribution in [0.5, 0.6) is 0 Å². The van der Waals surface area contributed by atoms with Crippen LogP contribution in [-0.4, -0.2) is 42.5 Å². The van der Waals surface area contributed by atoms with E-state index in [-0.39, 0.29) is 6.61 Å². The van der Waals surface area contributed by atoms with Gasteiger partial charge in [0.25, 0.3) is 0 Å². The molecule has 0 aliphatic heterocycles. The molecule has 0 aliphatic carbocycles. The van der Waals surface area contributed by atoms with Gasteiger partial charge in [0.05, 0.1) is 0 Å². The van der Waals surface area contributed by atoms with E-state index in [2.05, 4.69) is 10.1 Å². The first kappa shape index (κ1) is 17.2. The lowest BCUT2D eigenvalue weighted by molar-refractivity contribution is -0.174. The highest BCUT2D eigenvalue weighted by Crippen LogP contribution is 2.16. The predicted octanol–water partition coefficient (Wildman–Crippen LogP) is 2.19. The van der Waals surface area contributed by atoms with Crippen LogP contribution < -0.4 is 5.32 Å². The van der Waals surface area contributed by atoms with Gasteiger partial charge in [-0.3, -0.25) is 4.79 Å². The summed E-state index contributed by atoms with van der Waals surface area (Å²) in [5, 5.41) is 12.0. The minimum Gasteiger partial charge on any atom is -0.480 e. The second kappa shape index (κ2) is 7.58. The van der Waals surface area contributed by atoms with Crippen LogP contribution in [0.2, 0.25) is 0 Å². The van der Waals surface area contributed by atoms with E-state index in [1.165, 1.54) is 0 Å². The van der Waals surface area contributed by atoms with Gasteiger partial charge in [0, 0.05) is 6.61 Å². The Morgan fingerprint density at radius 2 is 1.83 bits per heavy atom. The minimum atomic E-state index is -4.31. The summed E-state index contributed by atoms with van der Waals surface area (Å²) in [6.45, 7) is 2.51. The molecule has 0 aromatic heterocycles. The monoisotopic (exact) mass is 271 g/mol. The van der Waals surface area contributed by atoms with Gasteiger partial charge in [0.2, 0.25) is 0 Å². The molecule has 0 bridgehead atoms. The Labute approximate surface area is 105 Å². The van der Waals surface area contributed by atoms with Crippen molar-refractivity contribution < 1.29 is 27.8 Å². The second-order valence-corrected chi connectivity index (χ2v) is 4.04. The normalized spacial score (nSPS) is 12.7. The number of carboxylic acid groups (broad SMARTS) is 1. The summed E-state index contributed by atoms with van der Waals surface area (Å²) >= 11 is 0. The molecular formula is C11H20F3NO3. The second-order valence-electron chi connectivity index (χ2n) is 4.04. The molecule has 0 amide bonds. The number of alkyl halides is 3. The quantitative estimate of drug-likeness (QED) is 0.631. The van der Waals surface area contributed by atoms with Crippen LogP contribution in [0.3, 0.4) is 0 Å². The molecule has 0 atom stereocenters. The minimum absolute atomic E-state index is 0.0460. The zero-order valence-corrected chi connectivity index (χ0v) is 10.6. The maximum atomic E-state index is 11.8. The molecule has 0 saturated carbocycles. The lowest BCUT2D eigenvalue weighted by Gasteiger charge is -2.28. The summed E-state index contributed by atoms with van der Waals surface area (Å²) in [6.07, 6.45) is -3.14. The number of carboxylic acids is 1. The SMILES string of the molecule is CCC(CC)(NCCCOCC(F)(F)F)C(=O)O. The molecule has 108 valence electrons. The molecule has 0 spiro atoms. The first-order chi connectivity index (χ1) is 8.27. The van der Waals surface area contributed by atoms with Crippen molar-refractivity contribution in [1.29, 1.82) is 0 Å². The van der Waals surface area contributed by atoms with Crippen LogP contribution in [0.1, 0.15) is 33.1 Å². The number of hydrogen-bond acceptors (Lipinski definition) is 3. The van der Waals surface area contributed by atoms with Crippen LogP contribution in [0.25, 0.3) is 0 Å². The van der Waals surface area contributed by atoms with Crippen LogP contribution in [-0.2, 0) is 9.53 Å². The fourth-order valence-electron chi connectivity index (χ4n) is 1.57. The average molecular weight is 271 g/mol. The third-order valence-electron chi connectivity index (χ3n) is 2.81. The first-order valence-electron chi connectivity index (χ1n) is 5.90. The standard InChI is InChI=1S/C11H20F3NO3/c1-3-10(4-2,9(16)17)15-6-5-7-18-8-11(12,13)14/h15H,3-8H2,1-2H3,(H,16,17). The average Bonchev–Trinajstić information content (AvgIpc) is 2.27. The Hall–Kier alpha value is -0.820. The molecule has 0 radical (unpaired) electrons. The Kier molecular flexibility index (Phi) is 7.23. The third kappa shape index (κ3) is 6.20. The van der Waals surface area contributed by atoms with E-state index >= 15 is 0 Å². The van der Waals surface area contributed by atoms with Crippen molar-refractivity contribution in [2.45, 2.75) is 44.8 Å². The Morgan fingerprint density at radius 3 is 2.22 bits per heavy atom. The van der Waals surface area contributed by atoms with Gasteiger partial charge in [-0.1, -0.05) is 13.8 Å². The zero-order valence-electron chi connectivity index (χ0n) is 10.6. The smallest absolute Gasteiger partial charge is 0.411 e. The molecule has 2 N–H and O–H groups in total. The van der Waals surface area contributed by atoms with Gasteiger partial charge >= 0.3 is 12.1 Å². The van der Waals surface area contributed by atoms with Crippen LogP contribution >= 0.6 is 0 Å². The zero-order chi connectivity index (χ0) is 14.2. The van der Waals surface area contributed by atoms with Crippen LogP contribution in [0.4, 0.5) is 13.2 Å². The number of nitrogens with one attached hydrogen (secondary N) is 1. The molecule has 18 heavy (non-hydrogen) atoms. The van der Waals surface area contributed by atoms with Crippen molar-refractivity contribution in [3.8, 4) is 0 Å². The maximum Gasteiger partial charge on any atom is 0.411 e. The van der Waals surface area contributed by atoms with Crippen molar-refractivity contribution in [2.75, 3.05) is 19.8 Å². The molecule has 0 rings (SSSR count). The number of carbonyl (C=O) groups is 1. The van der Waals surface area contributed by atoms with Gasteiger partial charge in [-0.05, 0) is 25.8 Å². The van der Waals surface area contributed by atoms with Gasteiger partial charge in [-0.25, -0.2) is 0 Å². The maximum absolute atomic E-state index is 11.8. The van der Waals surface area contributed by atoms with E-state index in [1.54, 1.807) is 13.8 Å². The van der Waals surface area contributed by atoms with Gasteiger partial charge < -0.3 is 15.2 Å². The third-order valence-corrected chi connectivity index (χ3v) is 2.81. The number of rotatable bonds is 9. The molecule has 0 aliphatic rings. The Bertz CT molecular complexity index is 252. The lowest BCUT2D eigenvalue weighted by atomic mass is 9.93. The molecule has 4 nitrogen and oxygen atoms in total. The van der Waals surface area contributed by atoms with Crippen molar-refractivity contribution in [2.24, 2.45) is 0 Å². The Balaban J connectivity index is 3.85. The summed E-state index contributed by atoms with van der Waals surface area (Å²) in [7, 11) is 0. The van der Waals surface area contributed by atoms with Crippen molar-refractivity contribution in [3.63, 3.8) is 0 Å². The summed E-state index contributed by atoms with van der Waals surface area (Å²) in [6, 6.07) is 0. The van der Waals surface area contributed by atoms with Crippen LogP contribution in [0, 0.1) is 0 Å². The highest BCUT2D eigenvalue weighted by molar-refractivity contribution is 5.78. The van der Waals surface area contributed by atoms with Gasteiger partial charge in [-0.2, -0.15) is 13.2 Å². The van der Waals surface area contributed by atoms with Crippen molar-refractivity contribution >= 4 is 5.97 Å². The van der Waals surface area contributed by atoms with Gasteiger partial charge in [-0.15, -0.1) is 0 Å². The highest BCUT2D eigenvalue weighted by Gasteiger charge is 2.33. The van der Waals surface area contributed by atoms with E-state index in [0.29, 0.717) is 25.8 Å². The van der Waals surface area contributed by atoms with Crippen molar-refractivity contribution in [1.82, 2.24) is 5.32 Å². The Morgan fingerprint density at radius 1 is 1.28 bits per heavy atom. The van der Waals surface area contributed by atoms with Crippen molar-refractivity contribution in [3.05, 3.63) is 0 Å². The van der Waals surface area contributed by atoms with Gasteiger partial charge in [0.15, 0.2) is 0 Å². The number of aliphatic carboxylic acids is 1. The van der Waals surface area contributed by atoms with E-state index in [1.807, 2.05) is 0 Å². The summed E-state index contributed by atoms with van der Waals surface area (Å²) < 4.78 is 39.7. The fraction of sp³-hybridized carbons (Fsp3) is 0.909. The van der Waals surface area contributed by atoms with E-state index < -0.39 is 24.3 Å². The summed E-state index contributed by atoms with van der Waals surface area (Å²) in [4.78, 5) is 11.1. The lowest BCUT2D eigenvalue weighted by Crippen LogP contribution is -2.51. The molecule has 0 unspecified atom stereocenters. The first-order valence-corrected chi connectivity index (χ1v) is 5.90. The molecule has 0 heterocycles. The summed E-state index contributed by atoms with van der Waals surface area (Å²) in [5.74, 6) is -0.941. The van der Waals surface area contributed by atoms with Gasteiger partial charge in [0.1, 0.15) is 12.1 Å². The van der Waals surface area contributed by atoms with E-state index in [0.717, 1.165) is 0 Å². The molecule has 0 aromatic carbocycles. The molecule has 7 heteroatoms. The molecular weight excluding hydrogens is 251 g/mol. The van der Waals surface area contributed by atoms with Crippen LogP contribution in [0.15, 0.2) is 0 Å². The highest BCUT2D eigenvalue weighted by atomic mass is 19.4. The number of halogens is 3. The molecule has 0 fully saturated rings. The number of ether oxygens (including phenoxy) is 1. The van der Waals surface area contributed by atoms with E-state index in [9.17, 15) is 18.0 Å². The largest absolute Gasteiger partial charge is 0.480 e. The summed E-state index contributed by atoms with van der Waals surface area (Å²) in [5.41, 5.74) is -0.996. The molecule has 0 saturated heterocycles. The number of hydrogen-bond donors (Lipinski definition) is 2. The van der Waals surface area contributed by atoms with E-state index in [4.69, 9.17) is 5.11 Å². The fourth-order valence-corrected chi connectivity index (χ4v) is 1.57. The predicted molar refractivity (Wildman–Crippen MR) is 60.4 cm³/mol.